The molecule has 2 saturated carbocycles. The molecule has 0 spiro atoms. The summed E-state index contributed by atoms with van der Waals surface area (Å²) in [5, 5.41) is 5.52. The normalized spacial score (nSPS) is 26.6. The van der Waals surface area contributed by atoms with E-state index in [1.165, 1.54) is 23.1 Å². The number of carbonyl (C=O) groups is 4. The van der Waals surface area contributed by atoms with Gasteiger partial charge in [0, 0.05) is 12.5 Å². The van der Waals surface area contributed by atoms with Gasteiger partial charge in [0.25, 0.3) is 15.9 Å². The molecule has 12 heteroatoms. The van der Waals surface area contributed by atoms with Crippen molar-refractivity contribution in [2.24, 2.45) is 23.2 Å². The molecule has 1 heterocycles. The quantitative estimate of drug-likeness (QED) is 0.335. The smallest absolute Gasteiger partial charge is 0.408 e. The zero-order chi connectivity index (χ0) is 32.7. The van der Waals surface area contributed by atoms with E-state index in [9.17, 15) is 27.6 Å². The molecule has 3 fully saturated rings. The minimum absolute atomic E-state index is 0.0263. The molecule has 0 aromatic heterocycles. The summed E-state index contributed by atoms with van der Waals surface area (Å²) in [5.41, 5.74) is -2.30. The lowest BCUT2D eigenvalue weighted by Gasteiger charge is -2.43. The highest BCUT2D eigenvalue weighted by Crippen LogP contribution is 2.51. The van der Waals surface area contributed by atoms with Crippen LogP contribution in [0.3, 0.4) is 0 Å². The van der Waals surface area contributed by atoms with E-state index in [0.717, 1.165) is 19.3 Å². The van der Waals surface area contributed by atoms with Crippen LogP contribution in [0.2, 0.25) is 0 Å². The van der Waals surface area contributed by atoms with Gasteiger partial charge in [0.2, 0.25) is 11.8 Å². The number of benzene rings is 1. The van der Waals surface area contributed by atoms with Crippen LogP contribution in [0.4, 0.5) is 4.79 Å². The third kappa shape index (κ3) is 6.95. The monoisotopic (exact) mass is 630 g/mol. The molecule has 5 atom stereocenters. The number of nitrogens with zero attached hydrogens (tertiary/aromatic N) is 1. The molecule has 3 N–H and O–H groups in total. The Labute approximate surface area is 260 Å². The number of hydrogen-bond acceptors (Lipinski definition) is 7. The number of nitrogens with one attached hydrogen (secondary N) is 3. The summed E-state index contributed by atoms with van der Waals surface area (Å²) in [6.45, 7) is 15.1. The summed E-state index contributed by atoms with van der Waals surface area (Å²) >= 11 is 0. The van der Waals surface area contributed by atoms with Crippen LogP contribution in [0.1, 0.15) is 73.6 Å². The molecule has 44 heavy (non-hydrogen) atoms. The molecule has 1 saturated heterocycles. The van der Waals surface area contributed by atoms with Crippen molar-refractivity contribution in [3.63, 3.8) is 0 Å². The van der Waals surface area contributed by atoms with Gasteiger partial charge in [-0.2, -0.15) is 0 Å². The van der Waals surface area contributed by atoms with E-state index in [1.54, 1.807) is 52.8 Å². The van der Waals surface area contributed by atoms with Gasteiger partial charge < -0.3 is 20.3 Å². The fourth-order valence-corrected chi connectivity index (χ4v) is 7.37. The molecular weight excluding hydrogens is 584 g/mol. The van der Waals surface area contributed by atoms with Crippen LogP contribution in [0, 0.1) is 23.2 Å². The number of rotatable bonds is 10. The molecule has 0 bridgehead atoms. The zero-order valence-electron chi connectivity index (χ0n) is 26.5. The molecule has 1 aliphatic heterocycles. The second kappa shape index (κ2) is 12.2. The van der Waals surface area contributed by atoms with E-state index >= 15 is 0 Å². The maximum absolute atomic E-state index is 14.1. The Morgan fingerprint density at radius 1 is 1.11 bits per heavy atom. The Bertz CT molecular complexity index is 1400. The molecule has 3 aliphatic rings. The van der Waals surface area contributed by atoms with Gasteiger partial charge in [-0.1, -0.05) is 51.5 Å². The van der Waals surface area contributed by atoms with Crippen LogP contribution < -0.4 is 15.4 Å². The average molecular weight is 631 g/mol. The molecular formula is C32H46N4O7S. The van der Waals surface area contributed by atoms with E-state index in [2.05, 4.69) is 28.9 Å². The molecule has 242 valence electrons. The summed E-state index contributed by atoms with van der Waals surface area (Å²) < 4.78 is 33.4. The lowest BCUT2D eigenvalue weighted by Crippen LogP contribution is -2.59. The SMILES string of the molecule is C=C[C@@H]1C[C@]1(NC(=O)[C@@H]1CC(C2(C)CCC2)CN1C(=O)[C@@H](NC(=O)OC(C)(C)C)C(C)C)C(=O)NS(=O)(=O)c1ccccc1. The topological polar surface area (TPSA) is 151 Å². The molecule has 1 unspecified atom stereocenters. The number of carbonyl (C=O) groups excluding carboxylic acids is 4. The lowest BCUT2D eigenvalue weighted by molar-refractivity contribution is -0.142. The molecule has 1 aromatic carbocycles. The van der Waals surface area contributed by atoms with Crippen molar-refractivity contribution in [2.45, 2.75) is 102 Å². The summed E-state index contributed by atoms with van der Waals surface area (Å²) in [7, 11) is -4.18. The number of amides is 4. The summed E-state index contributed by atoms with van der Waals surface area (Å²) in [4.78, 5) is 55.6. The van der Waals surface area contributed by atoms with Crippen LogP contribution >= 0.6 is 0 Å². The zero-order valence-corrected chi connectivity index (χ0v) is 27.3. The van der Waals surface area contributed by atoms with Gasteiger partial charge in [0.05, 0.1) is 4.90 Å². The predicted molar refractivity (Wildman–Crippen MR) is 165 cm³/mol. The third-order valence-electron chi connectivity index (χ3n) is 9.30. The summed E-state index contributed by atoms with van der Waals surface area (Å²) in [6, 6.07) is 5.66. The molecule has 11 nitrogen and oxygen atoms in total. The highest BCUT2D eigenvalue weighted by molar-refractivity contribution is 7.90. The second-order valence-corrected chi connectivity index (χ2v) is 15.8. The van der Waals surface area contributed by atoms with E-state index < -0.39 is 63.0 Å². The Kier molecular flexibility index (Phi) is 9.26. The molecule has 0 radical (unpaired) electrons. The van der Waals surface area contributed by atoms with Gasteiger partial charge in [-0.05, 0) is 75.8 Å². The van der Waals surface area contributed by atoms with Gasteiger partial charge in [-0.15, -0.1) is 6.58 Å². The van der Waals surface area contributed by atoms with Crippen molar-refractivity contribution in [1.29, 1.82) is 0 Å². The number of alkyl carbamates (subject to hydrolysis) is 1. The summed E-state index contributed by atoms with van der Waals surface area (Å²) in [6.07, 6.45) is 4.41. The highest BCUT2D eigenvalue weighted by atomic mass is 32.2. The van der Waals surface area contributed by atoms with Gasteiger partial charge in [-0.3, -0.25) is 14.4 Å². The van der Waals surface area contributed by atoms with Crippen molar-refractivity contribution in [2.75, 3.05) is 6.54 Å². The number of ether oxygens (including phenoxy) is 1. The first-order valence-electron chi connectivity index (χ1n) is 15.3. The van der Waals surface area contributed by atoms with Crippen molar-refractivity contribution >= 4 is 33.8 Å². The number of sulfonamides is 1. The number of likely N-dealkylation sites (tertiary alicyclic amines) is 1. The van der Waals surface area contributed by atoms with Gasteiger partial charge >= 0.3 is 6.09 Å². The van der Waals surface area contributed by atoms with Crippen molar-refractivity contribution in [1.82, 2.24) is 20.3 Å². The Balaban J connectivity index is 1.57. The first-order valence-corrected chi connectivity index (χ1v) is 16.8. The van der Waals surface area contributed by atoms with Crippen molar-refractivity contribution < 1.29 is 32.3 Å². The second-order valence-electron chi connectivity index (χ2n) is 14.1. The summed E-state index contributed by atoms with van der Waals surface area (Å²) in [5.74, 6) is -2.54. The van der Waals surface area contributed by atoms with Crippen molar-refractivity contribution in [3.05, 3.63) is 43.0 Å². The molecule has 2 aliphatic carbocycles. The Morgan fingerprint density at radius 2 is 1.75 bits per heavy atom. The van der Waals surface area contributed by atoms with E-state index in [4.69, 9.17) is 4.74 Å². The lowest BCUT2D eigenvalue weighted by atomic mass is 9.62. The van der Waals surface area contributed by atoms with Crippen LogP contribution in [0.15, 0.2) is 47.9 Å². The fourth-order valence-electron chi connectivity index (χ4n) is 6.31. The highest BCUT2D eigenvalue weighted by Gasteiger charge is 2.62. The maximum atomic E-state index is 14.1. The first-order chi connectivity index (χ1) is 20.4. The van der Waals surface area contributed by atoms with Crippen LogP contribution in [0.25, 0.3) is 0 Å². The number of hydrogen-bond donors (Lipinski definition) is 3. The largest absolute Gasteiger partial charge is 0.444 e. The van der Waals surface area contributed by atoms with Crippen LogP contribution in [-0.2, 0) is 29.1 Å². The average Bonchev–Trinajstić information content (AvgIpc) is 3.45. The van der Waals surface area contributed by atoms with Crippen molar-refractivity contribution in [3.8, 4) is 0 Å². The minimum Gasteiger partial charge on any atom is -0.444 e. The molecule has 4 amide bonds. The van der Waals surface area contributed by atoms with E-state index in [-0.39, 0.29) is 28.6 Å². The predicted octanol–water partition coefficient (Wildman–Crippen LogP) is 3.51. The van der Waals surface area contributed by atoms with Crippen LogP contribution in [-0.4, -0.2) is 66.9 Å². The van der Waals surface area contributed by atoms with E-state index in [0.29, 0.717) is 13.0 Å². The first kappa shape index (κ1) is 33.5. The molecule has 4 rings (SSSR count). The Hall–Kier alpha value is -3.41. The van der Waals surface area contributed by atoms with Crippen LogP contribution in [0.5, 0.6) is 0 Å². The fraction of sp³-hybridized carbons (Fsp3) is 0.625. The standard InChI is InChI=1S/C32H46N4O7S/c1-8-21-18-32(21,28(39)35-44(41,42)23-13-10-9-11-14-23)34-26(37)24-17-22(31(7)15-12-16-31)19-36(24)27(38)25(20(2)3)33-29(40)43-30(4,5)6/h8-11,13-14,20-22,24-25H,1,12,15-19H2,2-7H3,(H,33,40)(H,34,37)(H,35,39)/t21-,22?,24+,25+,32-/m1/s1. The minimum atomic E-state index is -4.18. The van der Waals surface area contributed by atoms with Gasteiger partial charge in [-0.25, -0.2) is 17.9 Å². The molecule has 1 aromatic rings. The third-order valence-corrected chi connectivity index (χ3v) is 10.7. The maximum Gasteiger partial charge on any atom is 0.408 e. The van der Waals surface area contributed by atoms with E-state index in [1.807, 2.05) is 0 Å². The van der Waals surface area contributed by atoms with Gasteiger partial charge in [0.15, 0.2) is 0 Å². The Morgan fingerprint density at radius 3 is 2.25 bits per heavy atom. The van der Waals surface area contributed by atoms with Gasteiger partial charge in [0.1, 0.15) is 23.2 Å².